The Kier molecular flexibility index (Phi) is 7.18. The molecule has 0 aliphatic carbocycles. The van der Waals surface area contributed by atoms with E-state index in [0.29, 0.717) is 0 Å². The highest BCUT2D eigenvalue weighted by molar-refractivity contribution is 7.27. The van der Waals surface area contributed by atoms with E-state index < -0.39 is 0 Å². The van der Waals surface area contributed by atoms with Gasteiger partial charge in [-0.3, -0.25) is 0 Å². The number of para-hydroxylation sites is 1. The molecule has 0 unspecified atom stereocenters. The van der Waals surface area contributed by atoms with Crippen molar-refractivity contribution in [1.29, 1.82) is 0 Å². The Bertz CT molecular complexity index is 3830. The first-order valence-corrected chi connectivity index (χ1v) is 21.1. The lowest BCUT2D eigenvalue weighted by atomic mass is 9.98. The van der Waals surface area contributed by atoms with E-state index >= 15 is 0 Å². The number of hydrogen-bond donors (Lipinski definition) is 0. The number of benzene rings is 10. The molecular weight excluding hydrogens is 751 g/mol. The van der Waals surface area contributed by atoms with Gasteiger partial charge in [-0.1, -0.05) is 133 Å². The molecule has 60 heavy (non-hydrogen) atoms. The first-order chi connectivity index (χ1) is 29.7. The van der Waals surface area contributed by atoms with E-state index in [1.807, 2.05) is 17.4 Å². The van der Waals surface area contributed by atoms with Crippen LogP contribution in [0.15, 0.2) is 209 Å². The van der Waals surface area contributed by atoms with Crippen LogP contribution in [0.25, 0.3) is 108 Å². The summed E-state index contributed by atoms with van der Waals surface area (Å²) < 4.78 is 15.4. The fraction of sp³-hybridized carbons (Fsp3) is 0. The molecule has 0 saturated heterocycles. The number of furan rings is 2. The molecule has 10 aromatic carbocycles. The molecule has 0 aliphatic heterocycles. The van der Waals surface area contributed by atoms with Crippen LogP contribution >= 0.6 is 11.3 Å². The number of fused-ring (bicyclic) bond motifs is 13. The van der Waals surface area contributed by atoms with Gasteiger partial charge >= 0.3 is 0 Å². The quantitative estimate of drug-likeness (QED) is 0.174. The van der Waals surface area contributed by atoms with Crippen LogP contribution in [0.4, 0.5) is 17.1 Å². The predicted octanol–water partition coefficient (Wildman–Crippen LogP) is 17.0. The lowest BCUT2D eigenvalue weighted by Crippen LogP contribution is -2.09. The van der Waals surface area contributed by atoms with Crippen LogP contribution < -0.4 is 4.90 Å². The second-order valence-electron chi connectivity index (χ2n) is 15.6. The summed E-state index contributed by atoms with van der Waals surface area (Å²) >= 11 is 1.86. The van der Waals surface area contributed by atoms with Crippen LogP contribution in [0.3, 0.4) is 0 Å². The van der Waals surface area contributed by atoms with Crippen molar-refractivity contribution >= 4 is 114 Å². The van der Waals surface area contributed by atoms with Gasteiger partial charge in [0.05, 0.1) is 0 Å². The van der Waals surface area contributed by atoms with E-state index in [9.17, 15) is 0 Å². The zero-order valence-electron chi connectivity index (χ0n) is 32.2. The summed E-state index contributed by atoms with van der Waals surface area (Å²) in [6, 6.07) is 71.9. The molecule has 4 heteroatoms. The summed E-state index contributed by atoms with van der Waals surface area (Å²) in [5.41, 5.74) is 11.6. The third-order valence-corrected chi connectivity index (χ3v) is 13.5. The highest BCUT2D eigenvalue weighted by atomic mass is 32.1. The highest BCUT2D eigenvalue weighted by Gasteiger charge is 2.20. The smallest absolute Gasteiger partial charge is 0.137 e. The second-order valence-corrected chi connectivity index (χ2v) is 16.6. The van der Waals surface area contributed by atoms with Crippen molar-refractivity contribution < 1.29 is 8.83 Å². The molecule has 0 spiro atoms. The Hall–Kier alpha value is -7.66. The number of hydrogen-bond acceptors (Lipinski definition) is 4. The molecule has 13 rings (SSSR count). The molecule has 3 heterocycles. The van der Waals surface area contributed by atoms with Crippen molar-refractivity contribution in [3.63, 3.8) is 0 Å². The predicted molar refractivity (Wildman–Crippen MR) is 254 cm³/mol. The largest absolute Gasteiger partial charge is 0.456 e. The minimum absolute atomic E-state index is 0.865. The fourth-order valence-electron chi connectivity index (χ4n) is 9.47. The van der Waals surface area contributed by atoms with Crippen LogP contribution in [-0.4, -0.2) is 0 Å². The van der Waals surface area contributed by atoms with E-state index in [4.69, 9.17) is 8.83 Å². The molecule has 13 aromatic rings. The molecule has 0 atom stereocenters. The van der Waals surface area contributed by atoms with E-state index in [0.717, 1.165) is 55.6 Å². The summed E-state index contributed by atoms with van der Waals surface area (Å²) in [6.07, 6.45) is 0. The average Bonchev–Trinajstić information content (AvgIpc) is 4.01. The molecule has 0 fully saturated rings. The highest BCUT2D eigenvalue weighted by Crippen LogP contribution is 2.46. The Morgan fingerprint density at radius 1 is 0.317 bits per heavy atom. The van der Waals surface area contributed by atoms with Crippen molar-refractivity contribution in [2.45, 2.75) is 0 Å². The normalized spacial score (nSPS) is 12.0. The molecule has 0 saturated carbocycles. The Labute approximate surface area is 348 Å². The maximum absolute atomic E-state index is 6.60. The third-order valence-electron chi connectivity index (χ3n) is 12.3. The van der Waals surface area contributed by atoms with Gasteiger partial charge in [-0.05, 0) is 104 Å². The van der Waals surface area contributed by atoms with Crippen LogP contribution in [0, 0.1) is 0 Å². The second kappa shape index (κ2) is 12.9. The van der Waals surface area contributed by atoms with E-state index in [1.54, 1.807) is 0 Å². The van der Waals surface area contributed by atoms with Gasteiger partial charge in [0, 0.05) is 64.8 Å². The average molecular weight is 784 g/mol. The zero-order chi connectivity index (χ0) is 39.3. The van der Waals surface area contributed by atoms with Gasteiger partial charge in [0.25, 0.3) is 0 Å². The number of thiophene rings is 1. The molecule has 0 aliphatic rings. The van der Waals surface area contributed by atoms with E-state index in [1.165, 1.54) is 69.4 Å². The summed E-state index contributed by atoms with van der Waals surface area (Å²) in [4.78, 5) is 2.34. The molecule has 280 valence electrons. The molecular formula is C56H33NO2S. The van der Waals surface area contributed by atoms with Crippen molar-refractivity contribution in [3.05, 3.63) is 200 Å². The summed E-state index contributed by atoms with van der Waals surface area (Å²) in [5, 5.41) is 12.1. The summed E-state index contributed by atoms with van der Waals surface area (Å²) in [6.45, 7) is 0. The third kappa shape index (κ3) is 5.01. The molecule has 3 nitrogen and oxygen atoms in total. The van der Waals surface area contributed by atoms with Gasteiger partial charge in [0.15, 0.2) is 0 Å². The van der Waals surface area contributed by atoms with Crippen molar-refractivity contribution in [3.8, 4) is 22.3 Å². The standard InChI is InChI=1S/C56H33NO2S/c1-3-12-41-34(9-1)11-7-15-42(41)36-19-24-38(25-20-36)57(40-28-29-48-52(33-40)59-50-31-23-35-10-2-4-13-43(35)53(48)50)39-26-21-37(22-27-39)44-16-8-17-45-46-30-32-51-54(56(46)60-55(44)45)47-14-5-6-18-49(47)58-51/h1-33H. The van der Waals surface area contributed by atoms with Crippen LogP contribution in [0.2, 0.25) is 0 Å². The van der Waals surface area contributed by atoms with Gasteiger partial charge in [-0.15, -0.1) is 11.3 Å². The Balaban J connectivity index is 0.950. The minimum Gasteiger partial charge on any atom is -0.456 e. The SMILES string of the molecule is c1ccc2c(-c3ccc(N(c4ccc(-c5cccc6c5sc5c6ccc6oc7ccccc7c65)cc4)c4ccc5c(c4)oc4ccc6ccccc6c45)cc3)cccc2c1. The maximum Gasteiger partial charge on any atom is 0.137 e. The first-order valence-electron chi connectivity index (χ1n) is 20.3. The summed E-state index contributed by atoms with van der Waals surface area (Å²) in [5.74, 6) is 0. The lowest BCUT2D eigenvalue weighted by Gasteiger charge is -2.26. The van der Waals surface area contributed by atoms with Gasteiger partial charge in [0.2, 0.25) is 0 Å². The molecule has 0 radical (unpaired) electrons. The van der Waals surface area contributed by atoms with E-state index in [2.05, 4.69) is 199 Å². The van der Waals surface area contributed by atoms with Gasteiger partial charge in [-0.2, -0.15) is 0 Å². The van der Waals surface area contributed by atoms with Crippen LogP contribution in [-0.2, 0) is 0 Å². The van der Waals surface area contributed by atoms with Crippen LogP contribution in [0.5, 0.6) is 0 Å². The topological polar surface area (TPSA) is 29.5 Å². The number of anilines is 3. The summed E-state index contributed by atoms with van der Waals surface area (Å²) in [7, 11) is 0. The molecule has 0 N–H and O–H groups in total. The van der Waals surface area contributed by atoms with E-state index in [-0.39, 0.29) is 0 Å². The lowest BCUT2D eigenvalue weighted by molar-refractivity contribution is 0.669. The van der Waals surface area contributed by atoms with Crippen molar-refractivity contribution in [2.24, 2.45) is 0 Å². The van der Waals surface area contributed by atoms with Gasteiger partial charge < -0.3 is 13.7 Å². The monoisotopic (exact) mass is 783 g/mol. The van der Waals surface area contributed by atoms with Crippen molar-refractivity contribution in [1.82, 2.24) is 0 Å². The minimum atomic E-state index is 0.865. The number of nitrogens with zero attached hydrogens (tertiary/aromatic N) is 1. The zero-order valence-corrected chi connectivity index (χ0v) is 33.0. The Morgan fingerprint density at radius 3 is 1.67 bits per heavy atom. The van der Waals surface area contributed by atoms with Crippen molar-refractivity contribution in [2.75, 3.05) is 4.90 Å². The van der Waals surface area contributed by atoms with Gasteiger partial charge in [0.1, 0.15) is 22.3 Å². The fourth-order valence-corrected chi connectivity index (χ4v) is 10.9. The number of rotatable bonds is 5. The molecule has 0 amide bonds. The van der Waals surface area contributed by atoms with Crippen LogP contribution in [0.1, 0.15) is 0 Å². The van der Waals surface area contributed by atoms with Gasteiger partial charge in [-0.25, -0.2) is 0 Å². The Morgan fingerprint density at radius 2 is 0.850 bits per heavy atom. The molecule has 0 bridgehead atoms. The first kappa shape index (κ1) is 33.3. The maximum atomic E-state index is 6.60. The molecule has 3 aromatic heterocycles.